The van der Waals surface area contributed by atoms with E-state index in [0.717, 1.165) is 58.2 Å². The van der Waals surface area contributed by atoms with Crippen molar-refractivity contribution < 1.29 is 4.79 Å². The van der Waals surface area contributed by atoms with Crippen LogP contribution in [0.5, 0.6) is 0 Å². The number of piperidine rings is 1. The highest BCUT2D eigenvalue weighted by atomic mass is 16.2. The second-order valence-corrected chi connectivity index (χ2v) is 6.47. The van der Waals surface area contributed by atoms with Crippen molar-refractivity contribution in [1.82, 2.24) is 10.2 Å². The molecule has 1 aromatic rings. The van der Waals surface area contributed by atoms with Crippen LogP contribution < -0.4 is 5.32 Å². The Bertz CT molecular complexity index is 454. The number of rotatable bonds is 4. The molecule has 0 spiro atoms. The van der Waals surface area contributed by atoms with Crippen molar-refractivity contribution in [1.29, 1.82) is 0 Å². The Morgan fingerprint density at radius 2 is 1.90 bits per heavy atom. The van der Waals surface area contributed by atoms with Crippen molar-refractivity contribution in [3.63, 3.8) is 0 Å². The predicted octanol–water partition coefficient (Wildman–Crippen LogP) is 2.61. The smallest absolute Gasteiger partial charge is 0.223 e. The van der Waals surface area contributed by atoms with E-state index in [1.807, 2.05) is 0 Å². The normalized spacial score (nSPS) is 23.4. The topological polar surface area (TPSA) is 32.3 Å². The number of nitrogens with one attached hydrogen (secondary N) is 1. The molecule has 1 atom stereocenters. The van der Waals surface area contributed by atoms with Gasteiger partial charge in [0.25, 0.3) is 0 Å². The molecule has 0 aliphatic carbocycles. The van der Waals surface area contributed by atoms with E-state index < -0.39 is 0 Å². The summed E-state index contributed by atoms with van der Waals surface area (Å²) in [5, 5.41) is 3.37. The van der Waals surface area contributed by atoms with Crippen LogP contribution in [0.4, 0.5) is 0 Å². The van der Waals surface area contributed by atoms with Crippen molar-refractivity contribution in [3.05, 3.63) is 35.9 Å². The Morgan fingerprint density at radius 3 is 2.67 bits per heavy atom. The van der Waals surface area contributed by atoms with Gasteiger partial charge in [-0.15, -0.1) is 0 Å². The van der Waals surface area contributed by atoms with Crippen LogP contribution in [0.1, 0.15) is 37.7 Å². The maximum atomic E-state index is 12.6. The zero-order valence-electron chi connectivity index (χ0n) is 12.8. The molecule has 1 amide bonds. The highest BCUT2D eigenvalue weighted by Crippen LogP contribution is 2.25. The fourth-order valence-electron chi connectivity index (χ4n) is 3.71. The quantitative estimate of drug-likeness (QED) is 0.923. The maximum absolute atomic E-state index is 12.6. The number of hydrogen-bond acceptors (Lipinski definition) is 2. The number of hydrogen-bond donors (Lipinski definition) is 1. The van der Waals surface area contributed by atoms with Crippen molar-refractivity contribution in [2.45, 2.75) is 44.6 Å². The number of benzene rings is 1. The molecule has 3 heteroatoms. The summed E-state index contributed by atoms with van der Waals surface area (Å²) in [6.45, 7) is 3.11. The molecule has 2 aliphatic heterocycles. The molecular formula is C18H26N2O. The van der Waals surface area contributed by atoms with Crippen molar-refractivity contribution in [3.8, 4) is 0 Å². The molecule has 3 rings (SSSR count). The largest absolute Gasteiger partial charge is 0.339 e. The Morgan fingerprint density at radius 1 is 1.14 bits per heavy atom. The molecule has 2 heterocycles. The molecule has 2 saturated heterocycles. The summed E-state index contributed by atoms with van der Waals surface area (Å²) in [5.74, 6) is 0.983. The van der Waals surface area contributed by atoms with Gasteiger partial charge in [-0.25, -0.2) is 0 Å². The number of likely N-dealkylation sites (tertiary alicyclic amines) is 1. The van der Waals surface area contributed by atoms with Crippen LogP contribution in [-0.2, 0) is 11.2 Å². The summed E-state index contributed by atoms with van der Waals surface area (Å²) in [6, 6.07) is 11.0. The standard InChI is InChI=1S/C18H26N2O/c21-18(14-16-8-10-19-11-9-16)20-12-4-7-17(20)13-15-5-2-1-3-6-15/h1-3,5-6,16-17,19H,4,7-14H2. The van der Waals surface area contributed by atoms with E-state index in [-0.39, 0.29) is 0 Å². The molecule has 2 aliphatic rings. The highest BCUT2D eigenvalue weighted by Gasteiger charge is 2.30. The number of amides is 1. The minimum absolute atomic E-state index is 0.389. The van der Waals surface area contributed by atoms with Gasteiger partial charge in [0, 0.05) is 19.0 Å². The van der Waals surface area contributed by atoms with Gasteiger partial charge in [0.05, 0.1) is 0 Å². The fourth-order valence-corrected chi connectivity index (χ4v) is 3.71. The Labute approximate surface area is 127 Å². The molecule has 0 saturated carbocycles. The summed E-state index contributed by atoms with van der Waals surface area (Å²) in [6.07, 6.45) is 6.40. The Balaban J connectivity index is 1.56. The van der Waals surface area contributed by atoms with E-state index >= 15 is 0 Å². The first-order valence-electron chi connectivity index (χ1n) is 8.37. The molecule has 2 fully saturated rings. The highest BCUT2D eigenvalue weighted by molar-refractivity contribution is 5.77. The van der Waals surface area contributed by atoms with Crippen LogP contribution in [0.3, 0.4) is 0 Å². The average Bonchev–Trinajstić information content (AvgIpc) is 2.97. The zero-order valence-corrected chi connectivity index (χ0v) is 12.8. The summed E-state index contributed by atoms with van der Waals surface area (Å²) in [5.41, 5.74) is 1.35. The zero-order chi connectivity index (χ0) is 14.5. The number of nitrogens with zero attached hydrogens (tertiary/aromatic N) is 1. The van der Waals surface area contributed by atoms with Gasteiger partial charge in [0.15, 0.2) is 0 Å². The second kappa shape index (κ2) is 7.08. The Hall–Kier alpha value is -1.35. The van der Waals surface area contributed by atoms with Gasteiger partial charge in [-0.05, 0) is 56.7 Å². The van der Waals surface area contributed by atoms with Crippen LogP contribution in [0.2, 0.25) is 0 Å². The molecule has 0 aromatic heterocycles. The molecular weight excluding hydrogens is 260 g/mol. The lowest BCUT2D eigenvalue weighted by Gasteiger charge is -2.28. The average molecular weight is 286 g/mol. The van der Waals surface area contributed by atoms with Gasteiger partial charge in [0.2, 0.25) is 5.91 Å². The first-order chi connectivity index (χ1) is 10.3. The predicted molar refractivity (Wildman–Crippen MR) is 85.1 cm³/mol. The van der Waals surface area contributed by atoms with Gasteiger partial charge in [-0.1, -0.05) is 30.3 Å². The molecule has 21 heavy (non-hydrogen) atoms. The molecule has 1 aromatic carbocycles. The van der Waals surface area contributed by atoms with Crippen LogP contribution in [0.15, 0.2) is 30.3 Å². The van der Waals surface area contributed by atoms with E-state index in [1.54, 1.807) is 0 Å². The number of carbonyl (C=O) groups excluding carboxylic acids is 1. The first kappa shape index (κ1) is 14.6. The van der Waals surface area contributed by atoms with Crippen LogP contribution in [-0.4, -0.2) is 36.5 Å². The lowest BCUT2D eigenvalue weighted by molar-refractivity contribution is -0.133. The molecule has 0 radical (unpaired) electrons. The minimum Gasteiger partial charge on any atom is -0.339 e. The summed E-state index contributed by atoms with van der Waals surface area (Å²) >= 11 is 0. The van der Waals surface area contributed by atoms with Crippen molar-refractivity contribution >= 4 is 5.91 Å². The summed E-state index contributed by atoms with van der Waals surface area (Å²) < 4.78 is 0. The third-order valence-corrected chi connectivity index (χ3v) is 4.93. The lowest BCUT2D eigenvalue weighted by Crippen LogP contribution is -2.39. The molecule has 1 unspecified atom stereocenters. The van der Waals surface area contributed by atoms with E-state index in [0.29, 0.717) is 17.9 Å². The first-order valence-corrected chi connectivity index (χ1v) is 8.37. The van der Waals surface area contributed by atoms with Crippen molar-refractivity contribution in [2.75, 3.05) is 19.6 Å². The van der Waals surface area contributed by atoms with Gasteiger partial charge in [-0.3, -0.25) is 4.79 Å². The van der Waals surface area contributed by atoms with Gasteiger partial charge in [-0.2, -0.15) is 0 Å². The van der Waals surface area contributed by atoms with E-state index in [2.05, 4.69) is 40.5 Å². The van der Waals surface area contributed by atoms with E-state index in [1.165, 1.54) is 5.56 Å². The second-order valence-electron chi connectivity index (χ2n) is 6.47. The third-order valence-electron chi connectivity index (χ3n) is 4.93. The van der Waals surface area contributed by atoms with E-state index in [9.17, 15) is 4.79 Å². The van der Waals surface area contributed by atoms with Crippen LogP contribution >= 0.6 is 0 Å². The summed E-state index contributed by atoms with van der Waals surface area (Å²) in [7, 11) is 0. The SMILES string of the molecule is O=C(CC1CCNCC1)N1CCCC1Cc1ccccc1. The van der Waals surface area contributed by atoms with Gasteiger partial charge >= 0.3 is 0 Å². The minimum atomic E-state index is 0.389. The van der Waals surface area contributed by atoms with Crippen molar-refractivity contribution in [2.24, 2.45) is 5.92 Å². The van der Waals surface area contributed by atoms with Gasteiger partial charge < -0.3 is 10.2 Å². The molecule has 114 valence electrons. The number of carbonyl (C=O) groups is 1. The van der Waals surface area contributed by atoms with Gasteiger partial charge in [0.1, 0.15) is 0 Å². The lowest BCUT2D eigenvalue weighted by atomic mass is 9.94. The fraction of sp³-hybridized carbons (Fsp3) is 0.611. The van der Waals surface area contributed by atoms with E-state index in [4.69, 9.17) is 0 Å². The molecule has 0 bridgehead atoms. The maximum Gasteiger partial charge on any atom is 0.223 e. The van der Waals surface area contributed by atoms with Crippen LogP contribution in [0.25, 0.3) is 0 Å². The summed E-state index contributed by atoms with van der Waals surface area (Å²) in [4.78, 5) is 14.8. The third kappa shape index (κ3) is 3.85. The molecule has 1 N–H and O–H groups in total. The van der Waals surface area contributed by atoms with Crippen LogP contribution in [0, 0.1) is 5.92 Å². The Kier molecular flexibility index (Phi) is 4.91. The molecule has 3 nitrogen and oxygen atoms in total. The monoisotopic (exact) mass is 286 g/mol.